The summed E-state index contributed by atoms with van der Waals surface area (Å²) in [5.74, 6) is 1.41. The highest BCUT2D eigenvalue weighted by Gasteiger charge is 2.40. The van der Waals surface area contributed by atoms with E-state index in [0.29, 0.717) is 11.6 Å². The molecular formula is C110H76N8. The lowest BCUT2D eigenvalue weighted by atomic mass is 9.82. The summed E-state index contributed by atoms with van der Waals surface area (Å²) >= 11 is 0. The Morgan fingerprint density at radius 1 is 0.178 bits per heavy atom. The van der Waals surface area contributed by atoms with Gasteiger partial charge in [-0.1, -0.05) is 258 Å². The summed E-state index contributed by atoms with van der Waals surface area (Å²) in [6.07, 6.45) is 0. The number of para-hydroxylation sites is 6. The van der Waals surface area contributed by atoms with Crippen molar-refractivity contribution in [1.29, 1.82) is 0 Å². The fourth-order valence-electron chi connectivity index (χ4n) is 19.3. The molecule has 0 amide bonds. The molecule has 0 unspecified atom stereocenters. The Balaban J connectivity index is 0.000000138. The van der Waals surface area contributed by atoms with Gasteiger partial charge in [-0.15, -0.1) is 0 Å². The molecule has 0 spiro atoms. The van der Waals surface area contributed by atoms with Gasteiger partial charge in [0.05, 0.1) is 66.9 Å². The minimum absolute atomic E-state index is 0.192. The molecule has 6 aromatic heterocycles. The van der Waals surface area contributed by atoms with Crippen molar-refractivity contribution in [2.24, 2.45) is 0 Å². The molecule has 118 heavy (non-hydrogen) atoms. The Bertz CT molecular complexity index is 7670. The monoisotopic (exact) mass is 1510 g/mol. The predicted octanol–water partition coefficient (Wildman–Crippen LogP) is 28.0. The number of hydrogen-bond donors (Lipinski definition) is 0. The highest BCUT2D eigenvalue weighted by atomic mass is 15.0. The van der Waals surface area contributed by atoms with Gasteiger partial charge in [-0.3, -0.25) is 0 Å². The second-order valence-corrected chi connectivity index (χ2v) is 32.5. The first kappa shape index (κ1) is 68.5. The zero-order valence-electron chi connectivity index (χ0n) is 65.5. The van der Waals surface area contributed by atoms with E-state index in [1.165, 1.54) is 143 Å². The molecule has 0 bridgehead atoms. The Labute approximate surface area is 682 Å². The first-order chi connectivity index (χ1) is 58.0. The molecule has 0 N–H and O–H groups in total. The fraction of sp³-hybridized carbons (Fsp3) is 0.0545. The maximum atomic E-state index is 5.11. The van der Waals surface area contributed by atoms with E-state index in [1.807, 2.05) is 24.3 Å². The number of benzene rings is 16. The van der Waals surface area contributed by atoms with Crippen molar-refractivity contribution in [2.75, 3.05) is 0 Å². The van der Waals surface area contributed by atoms with Crippen molar-refractivity contribution in [1.82, 2.24) is 38.2 Å². The molecule has 0 saturated carbocycles. The van der Waals surface area contributed by atoms with Crippen molar-refractivity contribution in [3.63, 3.8) is 0 Å². The van der Waals surface area contributed by atoms with E-state index in [0.717, 1.165) is 67.5 Å². The van der Waals surface area contributed by atoms with Gasteiger partial charge in [-0.2, -0.15) is 0 Å². The van der Waals surface area contributed by atoms with Crippen LogP contribution in [0.3, 0.4) is 0 Å². The third-order valence-corrected chi connectivity index (χ3v) is 25.0. The summed E-state index contributed by atoms with van der Waals surface area (Å²) in [4.78, 5) is 20.4. The van der Waals surface area contributed by atoms with E-state index in [4.69, 9.17) is 19.9 Å². The fourth-order valence-corrected chi connectivity index (χ4v) is 19.3. The number of rotatable bonds is 10. The minimum Gasteiger partial charge on any atom is -0.309 e. The van der Waals surface area contributed by atoms with Crippen LogP contribution < -0.4 is 0 Å². The normalized spacial score (nSPS) is 13.1. The number of hydrogen-bond acceptors (Lipinski definition) is 4. The van der Waals surface area contributed by atoms with Crippen molar-refractivity contribution < 1.29 is 0 Å². The van der Waals surface area contributed by atoms with Crippen LogP contribution in [0.5, 0.6) is 0 Å². The van der Waals surface area contributed by atoms with Gasteiger partial charge in [-0.05, 0) is 202 Å². The first-order valence-corrected chi connectivity index (χ1v) is 40.7. The molecule has 16 aromatic carbocycles. The van der Waals surface area contributed by atoms with Gasteiger partial charge in [0, 0.05) is 110 Å². The van der Waals surface area contributed by atoms with Gasteiger partial charge >= 0.3 is 0 Å². The first-order valence-electron chi connectivity index (χ1n) is 40.7. The summed E-state index contributed by atoms with van der Waals surface area (Å²) in [6, 6.07) is 140. The van der Waals surface area contributed by atoms with E-state index in [9.17, 15) is 0 Å². The molecule has 2 aliphatic carbocycles. The van der Waals surface area contributed by atoms with Gasteiger partial charge in [0.2, 0.25) is 0 Å². The molecular weight excluding hydrogens is 1430 g/mol. The van der Waals surface area contributed by atoms with E-state index in [1.54, 1.807) is 0 Å². The van der Waals surface area contributed by atoms with E-state index in [2.05, 4.69) is 410 Å². The number of nitrogens with zero attached hydrogens (tertiary/aromatic N) is 8. The van der Waals surface area contributed by atoms with Crippen LogP contribution in [0, 0.1) is 0 Å². The Kier molecular flexibility index (Phi) is 15.5. The van der Waals surface area contributed by atoms with Gasteiger partial charge in [0.15, 0.2) is 11.6 Å². The Hall–Kier alpha value is -15.1. The van der Waals surface area contributed by atoms with Gasteiger partial charge in [-0.25, -0.2) is 19.9 Å². The maximum absolute atomic E-state index is 5.11. The highest BCUT2D eigenvalue weighted by molar-refractivity contribution is 6.17. The van der Waals surface area contributed by atoms with Crippen LogP contribution in [0.2, 0.25) is 0 Å². The summed E-state index contributed by atoms with van der Waals surface area (Å²) in [5, 5.41) is 10.1. The Morgan fingerprint density at radius 2 is 0.407 bits per heavy atom. The van der Waals surface area contributed by atoms with E-state index in [-0.39, 0.29) is 10.8 Å². The average molecular weight is 1510 g/mol. The van der Waals surface area contributed by atoms with Gasteiger partial charge in [0.1, 0.15) is 0 Å². The largest absolute Gasteiger partial charge is 0.309 e. The van der Waals surface area contributed by atoms with Crippen LogP contribution in [0.4, 0.5) is 0 Å². The summed E-state index contributed by atoms with van der Waals surface area (Å²) < 4.78 is 9.71. The standard InChI is InChI=1S/2C55H38N4/c1-55(2)46-31-45-41-23-13-15-25-51(41)58(38-20-10-5-11-21-38)52(45)32-43(46)42-30-44-40-22-12-14-24-50(40)59(53(44)33-47(42)55)39-28-26-37(27-29-39)54-56-48(35-16-6-3-7-17-35)34-49(57-54)36-18-8-4-9-19-36;1-55(2)46-31-45-41-23-13-15-25-51(41)59(39-28-26-37(27-29-39)54-56-48(35-16-6-3-7-17-35)34-49(57-54)36-18-8-4-9-19-36)52(45)32-43(46)42-30-44-40-22-12-14-24-50(40)58(53(44)33-47(42)55)38-20-10-5-11-21-38/h2*3-34H,1-2H3. The number of aromatic nitrogens is 8. The van der Waals surface area contributed by atoms with Crippen LogP contribution in [0.1, 0.15) is 49.9 Å². The number of fused-ring (bicyclic) bond motifs is 18. The quantitative estimate of drug-likeness (QED) is 0.137. The molecule has 0 saturated heterocycles. The summed E-state index contributed by atoms with van der Waals surface area (Å²) in [7, 11) is 0. The molecule has 556 valence electrons. The predicted molar refractivity (Wildman–Crippen MR) is 489 cm³/mol. The van der Waals surface area contributed by atoms with Crippen LogP contribution >= 0.6 is 0 Å². The highest BCUT2D eigenvalue weighted by Crippen LogP contribution is 2.56. The Morgan fingerprint density at radius 3 is 0.703 bits per heavy atom. The third-order valence-electron chi connectivity index (χ3n) is 25.0. The lowest BCUT2D eigenvalue weighted by Crippen LogP contribution is -2.15. The molecule has 0 aliphatic heterocycles. The van der Waals surface area contributed by atoms with E-state index >= 15 is 0 Å². The molecule has 24 rings (SSSR count). The van der Waals surface area contributed by atoms with Crippen LogP contribution in [-0.4, -0.2) is 38.2 Å². The van der Waals surface area contributed by atoms with Crippen molar-refractivity contribution in [3.05, 3.63) is 411 Å². The van der Waals surface area contributed by atoms with Crippen molar-refractivity contribution >= 4 is 87.2 Å². The second-order valence-electron chi connectivity index (χ2n) is 32.5. The molecule has 0 fully saturated rings. The average Bonchev–Trinajstić information content (AvgIpc) is 1.54. The van der Waals surface area contributed by atoms with Crippen LogP contribution in [0.15, 0.2) is 388 Å². The van der Waals surface area contributed by atoms with Crippen LogP contribution in [-0.2, 0) is 10.8 Å². The zero-order chi connectivity index (χ0) is 78.5. The smallest absolute Gasteiger partial charge is 0.160 e. The van der Waals surface area contributed by atoms with Crippen molar-refractivity contribution in [3.8, 4) is 113 Å². The molecule has 8 nitrogen and oxygen atoms in total. The SMILES string of the molecule is CC1(C)c2cc3c4ccccc4n(-c4ccc(-c5nc(-c6ccccc6)cc(-c6ccccc6)n5)cc4)c3cc2-c2cc3c4ccccc4n(-c4ccccc4)c3cc21.CC1(C)c2cc3c4ccccc4n(-c4ccccc4)c3cc2-c2cc3c4ccccc4n(-c4ccc(-c5nc(-c6ccccc6)cc(-c6ccccc6)n5)cc4)c3cc21. The molecule has 8 heteroatoms. The van der Waals surface area contributed by atoms with E-state index < -0.39 is 0 Å². The summed E-state index contributed by atoms with van der Waals surface area (Å²) in [5.41, 5.74) is 34.4. The van der Waals surface area contributed by atoms with Crippen molar-refractivity contribution in [2.45, 2.75) is 38.5 Å². The molecule has 0 radical (unpaired) electrons. The molecule has 2 aliphatic rings. The third kappa shape index (κ3) is 10.8. The molecule has 22 aromatic rings. The van der Waals surface area contributed by atoms with Crippen LogP contribution in [0.25, 0.3) is 200 Å². The lowest BCUT2D eigenvalue weighted by molar-refractivity contribution is 0.661. The topological polar surface area (TPSA) is 71.3 Å². The molecule has 0 atom stereocenters. The van der Waals surface area contributed by atoms with Gasteiger partial charge < -0.3 is 18.3 Å². The maximum Gasteiger partial charge on any atom is 0.160 e. The molecule has 6 heterocycles. The lowest BCUT2D eigenvalue weighted by Gasteiger charge is -2.22. The zero-order valence-corrected chi connectivity index (χ0v) is 65.5. The van der Waals surface area contributed by atoms with Gasteiger partial charge in [0.25, 0.3) is 0 Å². The minimum atomic E-state index is -0.203. The second kappa shape index (κ2) is 26.7. The summed E-state index contributed by atoms with van der Waals surface area (Å²) in [6.45, 7) is 9.56.